The summed E-state index contributed by atoms with van der Waals surface area (Å²) in [4.78, 5) is 33.5. The van der Waals surface area contributed by atoms with Crippen LogP contribution < -0.4 is 5.32 Å². The zero-order chi connectivity index (χ0) is 20.1. The topological polar surface area (TPSA) is 75.2 Å². The average Bonchev–Trinajstić information content (AvgIpc) is 3.30. The monoisotopic (exact) mass is 388 g/mol. The molecular weight excluding hydrogens is 373 g/mol. The third-order valence-electron chi connectivity index (χ3n) is 5.05. The fraction of sp³-hybridized carbons (Fsp3) is 0.263. The predicted octanol–water partition coefficient (Wildman–Crippen LogP) is 2.63. The van der Waals surface area contributed by atoms with E-state index >= 15 is 0 Å². The van der Waals surface area contributed by atoms with Crippen molar-refractivity contribution in [1.29, 1.82) is 0 Å². The Morgan fingerprint density at radius 1 is 1.36 bits per heavy atom. The predicted molar refractivity (Wildman–Crippen MR) is 94.3 cm³/mol. The van der Waals surface area contributed by atoms with E-state index in [9.17, 15) is 22.8 Å². The number of aromatic nitrogens is 2. The number of hydrogen-bond donors (Lipinski definition) is 1. The number of nitrogens with zero attached hydrogens (tertiary/aromatic N) is 3. The highest BCUT2D eigenvalue weighted by molar-refractivity contribution is 6.01. The summed E-state index contributed by atoms with van der Waals surface area (Å²) < 4.78 is 40.6. The van der Waals surface area contributed by atoms with Gasteiger partial charge in [-0.15, -0.1) is 0 Å². The van der Waals surface area contributed by atoms with Gasteiger partial charge in [0.2, 0.25) is 11.9 Å². The molecule has 9 heteroatoms. The van der Waals surface area contributed by atoms with Gasteiger partial charge >= 0.3 is 0 Å². The first kappa shape index (κ1) is 18.1. The SMILES string of the molecule is C=C(F)c1ccc2c(c1)C1(C[C@@H]1F)CN(CC(=O)Nc1ncc(F)cn1)C2=O. The van der Waals surface area contributed by atoms with Crippen molar-refractivity contribution in [3.8, 4) is 0 Å². The summed E-state index contributed by atoms with van der Waals surface area (Å²) in [5, 5.41) is 2.37. The molecule has 1 aromatic heterocycles. The van der Waals surface area contributed by atoms with Gasteiger partial charge in [0, 0.05) is 23.1 Å². The number of halogens is 3. The lowest BCUT2D eigenvalue weighted by atomic mass is 9.85. The van der Waals surface area contributed by atoms with Crippen LogP contribution in [0.15, 0.2) is 37.2 Å². The molecule has 1 saturated carbocycles. The summed E-state index contributed by atoms with van der Waals surface area (Å²) in [6.07, 6.45) is 0.796. The number of nitrogens with one attached hydrogen (secondary N) is 1. The number of amides is 2. The van der Waals surface area contributed by atoms with Crippen LogP contribution in [0.25, 0.3) is 5.83 Å². The lowest BCUT2D eigenvalue weighted by Crippen LogP contribution is -2.47. The van der Waals surface area contributed by atoms with Gasteiger partial charge in [-0.3, -0.25) is 14.9 Å². The van der Waals surface area contributed by atoms with Crippen LogP contribution in [0.5, 0.6) is 0 Å². The normalized spacial score (nSPS) is 22.8. The maximum absolute atomic E-state index is 14.3. The van der Waals surface area contributed by atoms with Crippen molar-refractivity contribution in [1.82, 2.24) is 14.9 Å². The molecule has 1 aromatic carbocycles. The van der Waals surface area contributed by atoms with Gasteiger partial charge in [-0.05, 0) is 24.1 Å². The second-order valence-corrected chi connectivity index (χ2v) is 6.93. The zero-order valence-corrected chi connectivity index (χ0v) is 14.6. The smallest absolute Gasteiger partial charge is 0.254 e. The molecule has 6 nitrogen and oxygen atoms in total. The van der Waals surface area contributed by atoms with Crippen LogP contribution in [0.3, 0.4) is 0 Å². The Hall–Kier alpha value is -3.23. The van der Waals surface area contributed by atoms with Gasteiger partial charge < -0.3 is 4.90 Å². The minimum Gasteiger partial charge on any atom is -0.328 e. The van der Waals surface area contributed by atoms with E-state index in [-0.39, 0.29) is 36.6 Å². The number of fused-ring (bicyclic) bond motifs is 2. The molecule has 1 aliphatic heterocycles. The van der Waals surface area contributed by atoms with Crippen molar-refractivity contribution in [3.63, 3.8) is 0 Å². The average molecular weight is 388 g/mol. The molecule has 2 amide bonds. The van der Waals surface area contributed by atoms with Crippen LogP contribution >= 0.6 is 0 Å². The molecule has 144 valence electrons. The van der Waals surface area contributed by atoms with E-state index in [2.05, 4.69) is 21.9 Å². The Bertz CT molecular complexity index is 995. The molecule has 1 aliphatic carbocycles. The number of benzene rings is 1. The first-order chi connectivity index (χ1) is 13.3. The summed E-state index contributed by atoms with van der Waals surface area (Å²) >= 11 is 0. The van der Waals surface area contributed by atoms with Crippen LogP contribution in [0, 0.1) is 5.82 Å². The summed E-state index contributed by atoms with van der Waals surface area (Å²) in [7, 11) is 0. The van der Waals surface area contributed by atoms with Gasteiger partial charge in [0.15, 0.2) is 5.82 Å². The lowest BCUT2D eigenvalue weighted by molar-refractivity contribution is -0.117. The fourth-order valence-corrected chi connectivity index (χ4v) is 3.52. The van der Waals surface area contributed by atoms with Gasteiger partial charge in [-0.1, -0.05) is 12.6 Å². The van der Waals surface area contributed by atoms with Crippen molar-refractivity contribution in [2.45, 2.75) is 18.0 Å². The Morgan fingerprint density at radius 3 is 2.64 bits per heavy atom. The number of alkyl halides is 1. The number of anilines is 1. The molecule has 4 rings (SSSR count). The minimum atomic E-state index is -1.19. The second kappa shape index (κ2) is 6.43. The van der Waals surface area contributed by atoms with Crippen LogP contribution in [-0.2, 0) is 10.2 Å². The molecule has 1 spiro atoms. The van der Waals surface area contributed by atoms with Crippen molar-refractivity contribution >= 4 is 23.6 Å². The van der Waals surface area contributed by atoms with Crippen LogP contribution in [0.2, 0.25) is 0 Å². The van der Waals surface area contributed by atoms with E-state index in [0.29, 0.717) is 5.56 Å². The van der Waals surface area contributed by atoms with E-state index in [1.54, 1.807) is 0 Å². The maximum atomic E-state index is 14.3. The summed E-state index contributed by atoms with van der Waals surface area (Å²) in [5.41, 5.74) is -0.0619. The zero-order valence-electron chi connectivity index (χ0n) is 14.6. The van der Waals surface area contributed by atoms with Crippen LogP contribution in [-0.4, -0.2) is 45.9 Å². The van der Waals surface area contributed by atoms with Gasteiger partial charge in [0.25, 0.3) is 5.91 Å². The van der Waals surface area contributed by atoms with Crippen molar-refractivity contribution in [2.75, 3.05) is 18.4 Å². The fourth-order valence-electron chi connectivity index (χ4n) is 3.52. The molecule has 1 unspecified atom stereocenters. The molecule has 2 heterocycles. The number of rotatable bonds is 4. The molecule has 0 saturated heterocycles. The van der Waals surface area contributed by atoms with Gasteiger partial charge in [0.05, 0.1) is 12.4 Å². The van der Waals surface area contributed by atoms with E-state index in [1.807, 2.05) is 0 Å². The molecule has 1 fully saturated rings. The third-order valence-corrected chi connectivity index (χ3v) is 5.05. The van der Waals surface area contributed by atoms with E-state index in [1.165, 1.54) is 23.1 Å². The highest BCUT2D eigenvalue weighted by atomic mass is 19.1. The summed E-state index contributed by atoms with van der Waals surface area (Å²) in [6, 6.07) is 4.29. The van der Waals surface area contributed by atoms with Gasteiger partial charge in [0.1, 0.15) is 18.5 Å². The number of hydrogen-bond acceptors (Lipinski definition) is 4. The Labute approximate surface area is 158 Å². The molecule has 0 bridgehead atoms. The lowest BCUT2D eigenvalue weighted by Gasteiger charge is -2.34. The van der Waals surface area contributed by atoms with Crippen molar-refractivity contribution in [3.05, 3.63) is 59.7 Å². The second-order valence-electron chi connectivity index (χ2n) is 6.93. The Kier molecular flexibility index (Phi) is 4.17. The summed E-state index contributed by atoms with van der Waals surface area (Å²) in [6.45, 7) is 2.89. The number of carbonyl (C=O) groups excluding carboxylic acids is 2. The first-order valence-corrected chi connectivity index (χ1v) is 8.50. The Morgan fingerprint density at radius 2 is 2.04 bits per heavy atom. The van der Waals surface area contributed by atoms with Crippen LogP contribution in [0.4, 0.5) is 19.1 Å². The van der Waals surface area contributed by atoms with Crippen molar-refractivity contribution < 1.29 is 22.8 Å². The molecular formula is C19H15F3N4O2. The molecule has 0 radical (unpaired) electrons. The van der Waals surface area contributed by atoms with E-state index in [4.69, 9.17) is 0 Å². The van der Waals surface area contributed by atoms with Crippen molar-refractivity contribution in [2.24, 2.45) is 0 Å². The first-order valence-electron chi connectivity index (χ1n) is 8.50. The number of carbonyl (C=O) groups is 2. The largest absolute Gasteiger partial charge is 0.328 e. The van der Waals surface area contributed by atoms with E-state index < -0.39 is 35.0 Å². The molecule has 2 aromatic rings. The van der Waals surface area contributed by atoms with Gasteiger partial charge in [-0.25, -0.2) is 23.1 Å². The Balaban J connectivity index is 1.57. The third kappa shape index (κ3) is 3.02. The molecule has 28 heavy (non-hydrogen) atoms. The van der Waals surface area contributed by atoms with Gasteiger partial charge in [-0.2, -0.15) is 0 Å². The highest BCUT2D eigenvalue weighted by Gasteiger charge is 2.61. The summed E-state index contributed by atoms with van der Waals surface area (Å²) in [5.74, 6) is -2.47. The quantitative estimate of drug-likeness (QED) is 0.874. The molecule has 1 N–H and O–H groups in total. The molecule has 2 aliphatic rings. The molecule has 2 atom stereocenters. The minimum absolute atomic E-state index is 0.0000891. The van der Waals surface area contributed by atoms with E-state index in [0.717, 1.165) is 12.4 Å². The highest BCUT2D eigenvalue weighted by Crippen LogP contribution is 2.54. The van der Waals surface area contributed by atoms with Crippen LogP contribution in [0.1, 0.15) is 27.9 Å². The maximum Gasteiger partial charge on any atom is 0.254 e. The standard InChI is InChI=1S/C19H15F3N4O2/c1-10(20)11-2-3-13-14(4-11)19(5-15(19)22)9-26(17(13)28)8-16(27)25-18-23-6-12(21)7-24-18/h2-4,6-7,15H,1,5,8-9H2,(H,23,24,25,27)/t15-,19?/m0/s1.